The summed E-state index contributed by atoms with van der Waals surface area (Å²) in [6.45, 7) is 1.81. The largest absolute Gasteiger partial charge is 0.256 e. The van der Waals surface area contributed by atoms with Crippen LogP contribution in [-0.4, -0.2) is 15.2 Å². The second-order valence-electron chi connectivity index (χ2n) is 5.13. The minimum Gasteiger partial charge on any atom is -0.256 e. The van der Waals surface area contributed by atoms with Gasteiger partial charge in [0.2, 0.25) is 0 Å². The minimum atomic E-state index is -0.424. The van der Waals surface area contributed by atoms with Crippen molar-refractivity contribution in [3.05, 3.63) is 71.8 Å². The van der Waals surface area contributed by atoms with Gasteiger partial charge in [0.15, 0.2) is 5.69 Å². The molecular formula is C19H13FN4S. The Morgan fingerprint density at radius 3 is 2.56 bits per heavy atom. The van der Waals surface area contributed by atoms with E-state index in [-0.39, 0.29) is 5.69 Å². The van der Waals surface area contributed by atoms with Gasteiger partial charge in [-0.2, -0.15) is 5.26 Å². The summed E-state index contributed by atoms with van der Waals surface area (Å²) in [6.07, 6.45) is 3.38. The molecule has 3 rings (SSSR count). The molecular weight excluding hydrogens is 335 g/mol. The lowest BCUT2D eigenvalue weighted by Gasteiger charge is -2.15. The topological polar surface area (TPSA) is 62.5 Å². The number of hydrogen-bond donors (Lipinski definition) is 1. The molecule has 0 fully saturated rings. The van der Waals surface area contributed by atoms with Crippen LogP contribution in [0, 0.1) is 17.1 Å². The number of thiol groups is 1. The molecule has 0 aliphatic heterocycles. The van der Waals surface area contributed by atoms with E-state index in [0.29, 0.717) is 33.0 Å². The van der Waals surface area contributed by atoms with E-state index in [0.717, 1.165) is 0 Å². The molecule has 0 spiro atoms. The van der Waals surface area contributed by atoms with E-state index in [2.05, 4.69) is 27.8 Å². The van der Waals surface area contributed by atoms with Crippen LogP contribution >= 0.6 is 12.6 Å². The Morgan fingerprint density at radius 2 is 1.92 bits per heavy atom. The molecule has 25 heavy (non-hydrogen) atoms. The zero-order valence-corrected chi connectivity index (χ0v) is 14.2. The second-order valence-corrected chi connectivity index (χ2v) is 5.61. The third-order valence-electron chi connectivity index (χ3n) is 3.66. The van der Waals surface area contributed by atoms with Gasteiger partial charge in [-0.15, -0.1) is 22.8 Å². The Hall–Kier alpha value is -3.04. The van der Waals surface area contributed by atoms with Gasteiger partial charge in [0, 0.05) is 27.8 Å². The molecule has 6 heteroatoms. The van der Waals surface area contributed by atoms with Gasteiger partial charge in [-0.05, 0) is 31.2 Å². The molecule has 0 unspecified atom stereocenters. The SMILES string of the molecule is C/C=C(\S)c1c(-c2ccccc2F)nnc(C#N)c1-c1ccccn1. The molecule has 0 N–H and O–H groups in total. The van der Waals surface area contributed by atoms with E-state index >= 15 is 0 Å². The fourth-order valence-electron chi connectivity index (χ4n) is 2.51. The maximum absolute atomic E-state index is 14.3. The quantitative estimate of drug-likeness (QED) is 0.708. The molecule has 0 bridgehead atoms. The molecule has 0 saturated heterocycles. The van der Waals surface area contributed by atoms with E-state index in [1.165, 1.54) is 6.07 Å². The molecule has 0 saturated carbocycles. The summed E-state index contributed by atoms with van der Waals surface area (Å²) in [7, 11) is 0. The summed E-state index contributed by atoms with van der Waals surface area (Å²) in [5, 5.41) is 17.6. The number of halogens is 1. The first kappa shape index (κ1) is 16.8. The highest BCUT2D eigenvalue weighted by Crippen LogP contribution is 2.38. The average Bonchev–Trinajstić information content (AvgIpc) is 2.67. The van der Waals surface area contributed by atoms with Crippen LogP contribution < -0.4 is 0 Å². The molecule has 0 atom stereocenters. The van der Waals surface area contributed by atoms with Crippen LogP contribution in [0.4, 0.5) is 4.39 Å². The number of benzene rings is 1. The van der Waals surface area contributed by atoms with Crippen molar-refractivity contribution in [1.82, 2.24) is 15.2 Å². The Bertz CT molecular complexity index is 994. The van der Waals surface area contributed by atoms with Crippen molar-refractivity contribution in [1.29, 1.82) is 5.26 Å². The van der Waals surface area contributed by atoms with E-state index < -0.39 is 5.82 Å². The van der Waals surface area contributed by atoms with E-state index in [1.54, 1.807) is 42.6 Å². The zero-order chi connectivity index (χ0) is 17.8. The first-order valence-corrected chi connectivity index (χ1v) is 7.94. The van der Waals surface area contributed by atoms with Crippen molar-refractivity contribution in [2.45, 2.75) is 6.92 Å². The fourth-order valence-corrected chi connectivity index (χ4v) is 2.73. The van der Waals surface area contributed by atoms with Crippen molar-refractivity contribution < 1.29 is 4.39 Å². The van der Waals surface area contributed by atoms with Gasteiger partial charge in [-0.1, -0.05) is 24.3 Å². The van der Waals surface area contributed by atoms with Crippen LogP contribution in [-0.2, 0) is 0 Å². The average molecular weight is 348 g/mol. The van der Waals surface area contributed by atoms with Crippen LogP contribution in [0.25, 0.3) is 27.4 Å². The van der Waals surface area contributed by atoms with E-state index in [1.807, 2.05) is 19.1 Å². The van der Waals surface area contributed by atoms with Crippen molar-refractivity contribution in [3.8, 4) is 28.6 Å². The van der Waals surface area contributed by atoms with Crippen LogP contribution in [0.5, 0.6) is 0 Å². The molecule has 122 valence electrons. The number of rotatable bonds is 3. The Balaban J connectivity index is 2.44. The summed E-state index contributed by atoms with van der Waals surface area (Å²) in [5.74, 6) is -0.424. The molecule has 2 aromatic heterocycles. The van der Waals surface area contributed by atoms with Crippen molar-refractivity contribution in [2.24, 2.45) is 0 Å². The zero-order valence-electron chi connectivity index (χ0n) is 13.3. The summed E-state index contributed by atoms with van der Waals surface area (Å²) < 4.78 is 14.3. The van der Waals surface area contributed by atoms with Gasteiger partial charge in [0.25, 0.3) is 0 Å². The molecule has 0 radical (unpaired) electrons. The van der Waals surface area contributed by atoms with Gasteiger partial charge in [-0.25, -0.2) is 4.39 Å². The molecule has 0 aliphatic carbocycles. The van der Waals surface area contributed by atoms with E-state index in [9.17, 15) is 9.65 Å². The monoisotopic (exact) mass is 348 g/mol. The predicted molar refractivity (Wildman–Crippen MR) is 98.0 cm³/mol. The Kier molecular flexibility index (Phi) is 4.87. The van der Waals surface area contributed by atoms with Gasteiger partial charge < -0.3 is 0 Å². The van der Waals surface area contributed by atoms with Gasteiger partial charge in [-0.3, -0.25) is 4.98 Å². The lowest BCUT2D eigenvalue weighted by Crippen LogP contribution is -2.04. The van der Waals surface area contributed by atoms with Crippen LogP contribution in [0.2, 0.25) is 0 Å². The summed E-state index contributed by atoms with van der Waals surface area (Å²) in [6, 6.07) is 13.7. The highest BCUT2D eigenvalue weighted by Gasteiger charge is 2.22. The molecule has 2 heterocycles. The molecule has 3 aromatic rings. The maximum Gasteiger partial charge on any atom is 0.173 e. The molecule has 0 aliphatic rings. The summed E-state index contributed by atoms with van der Waals surface area (Å²) in [4.78, 5) is 4.88. The summed E-state index contributed by atoms with van der Waals surface area (Å²) in [5.41, 5.74) is 2.29. The number of nitriles is 1. The van der Waals surface area contributed by atoms with Crippen LogP contribution in [0.15, 0.2) is 54.7 Å². The van der Waals surface area contributed by atoms with Gasteiger partial charge in [0.1, 0.15) is 17.6 Å². The standard InChI is InChI=1S/C19H13FN4S/c1-2-16(25)18-17(14-9-5-6-10-22-14)15(11-21)23-24-19(18)12-7-3-4-8-13(12)20/h2-10,25H,1H3/b16-2-. The first-order chi connectivity index (χ1) is 12.2. The minimum absolute atomic E-state index is 0.113. The molecule has 4 nitrogen and oxygen atoms in total. The lowest BCUT2D eigenvalue weighted by molar-refractivity contribution is 0.630. The number of aromatic nitrogens is 3. The van der Waals surface area contributed by atoms with Crippen molar-refractivity contribution in [2.75, 3.05) is 0 Å². The van der Waals surface area contributed by atoms with Crippen molar-refractivity contribution >= 4 is 17.5 Å². The van der Waals surface area contributed by atoms with Gasteiger partial charge >= 0.3 is 0 Å². The number of allylic oxidation sites excluding steroid dienone is 1. The highest BCUT2D eigenvalue weighted by atomic mass is 32.1. The van der Waals surface area contributed by atoms with Crippen molar-refractivity contribution in [3.63, 3.8) is 0 Å². The molecule has 1 aromatic carbocycles. The van der Waals surface area contributed by atoms with Gasteiger partial charge in [0.05, 0.1) is 5.69 Å². The Morgan fingerprint density at radius 1 is 1.16 bits per heavy atom. The smallest absolute Gasteiger partial charge is 0.173 e. The Labute approximate surface area is 150 Å². The predicted octanol–water partition coefficient (Wildman–Crippen LogP) is 4.51. The summed E-state index contributed by atoms with van der Waals surface area (Å²) >= 11 is 4.51. The number of pyridine rings is 1. The third kappa shape index (κ3) is 3.14. The van der Waals surface area contributed by atoms with Crippen LogP contribution in [0.3, 0.4) is 0 Å². The number of hydrogen-bond acceptors (Lipinski definition) is 5. The molecule has 0 amide bonds. The first-order valence-electron chi connectivity index (χ1n) is 7.50. The lowest BCUT2D eigenvalue weighted by atomic mass is 9.96. The second kappa shape index (κ2) is 7.24. The maximum atomic E-state index is 14.3. The number of nitrogens with zero attached hydrogens (tertiary/aromatic N) is 4. The fraction of sp³-hybridized carbons (Fsp3) is 0.0526. The van der Waals surface area contributed by atoms with E-state index in [4.69, 9.17) is 0 Å². The normalized spacial score (nSPS) is 11.2. The third-order valence-corrected chi connectivity index (χ3v) is 4.14. The van der Waals surface area contributed by atoms with Crippen LogP contribution in [0.1, 0.15) is 18.2 Å². The highest BCUT2D eigenvalue weighted by molar-refractivity contribution is 7.90.